The predicted octanol–water partition coefficient (Wildman–Crippen LogP) is 4.14. The third kappa shape index (κ3) is 3.25. The van der Waals surface area contributed by atoms with Crippen LogP contribution in [0.4, 0.5) is 0 Å². The number of nitrogens with zero attached hydrogens (tertiary/aromatic N) is 1. The van der Waals surface area contributed by atoms with E-state index in [4.69, 9.17) is 4.74 Å². The smallest absolute Gasteiger partial charge is 0.251 e. The Kier molecular flexibility index (Phi) is 4.41. The molecule has 1 saturated heterocycles. The van der Waals surface area contributed by atoms with Gasteiger partial charge in [-0.05, 0) is 28.8 Å². The molecule has 0 unspecified atom stereocenters. The van der Waals surface area contributed by atoms with Gasteiger partial charge >= 0.3 is 0 Å². The lowest BCUT2D eigenvalue weighted by Gasteiger charge is -2.10. The van der Waals surface area contributed by atoms with E-state index in [9.17, 15) is 5.21 Å². The summed E-state index contributed by atoms with van der Waals surface area (Å²) in [5, 5.41) is 15.0. The average molecular weight is 337 g/mol. The molecule has 3 aromatic rings. The fraction of sp³-hybridized carbons (Fsp3) is 0.250. The lowest BCUT2D eigenvalue weighted by molar-refractivity contribution is -0.645. The van der Waals surface area contributed by atoms with Crippen molar-refractivity contribution in [2.45, 2.75) is 23.5 Å². The summed E-state index contributed by atoms with van der Waals surface area (Å²) in [6.45, 7) is 0.760. The van der Waals surface area contributed by atoms with E-state index in [1.807, 2.05) is 12.1 Å². The molecule has 2 aromatic carbocycles. The molecule has 4 rings (SSSR count). The van der Waals surface area contributed by atoms with Crippen LogP contribution >= 0.6 is 11.8 Å². The zero-order chi connectivity index (χ0) is 16.4. The van der Waals surface area contributed by atoms with Crippen LogP contribution in [0.3, 0.4) is 0 Å². The first-order chi connectivity index (χ1) is 11.8. The van der Waals surface area contributed by atoms with Crippen molar-refractivity contribution in [3.05, 3.63) is 77.6 Å². The van der Waals surface area contributed by atoms with Gasteiger partial charge in [-0.15, -0.1) is 0 Å². The van der Waals surface area contributed by atoms with Crippen molar-refractivity contribution in [3.8, 4) is 0 Å². The predicted molar refractivity (Wildman–Crippen MR) is 97.2 cm³/mol. The van der Waals surface area contributed by atoms with Crippen molar-refractivity contribution < 1.29 is 9.47 Å². The van der Waals surface area contributed by atoms with Gasteiger partial charge in [0.15, 0.2) is 6.20 Å². The van der Waals surface area contributed by atoms with Crippen LogP contribution in [0.15, 0.2) is 71.9 Å². The zero-order valence-corrected chi connectivity index (χ0v) is 14.1. The second-order valence-electron chi connectivity index (χ2n) is 6.17. The highest BCUT2D eigenvalue weighted by atomic mass is 32.2. The molecule has 0 saturated carbocycles. The lowest BCUT2D eigenvalue weighted by atomic mass is 9.94. The van der Waals surface area contributed by atoms with Crippen LogP contribution in [0.25, 0.3) is 10.8 Å². The van der Waals surface area contributed by atoms with E-state index in [-0.39, 0.29) is 6.10 Å². The van der Waals surface area contributed by atoms with Gasteiger partial charge in [-0.1, -0.05) is 54.2 Å². The number of rotatable bonds is 4. The molecule has 0 bridgehead atoms. The topological polar surface area (TPSA) is 36.2 Å². The van der Waals surface area contributed by atoms with Crippen molar-refractivity contribution in [2.75, 3.05) is 12.4 Å². The minimum Gasteiger partial charge on any atom is -0.618 e. The van der Waals surface area contributed by atoms with Crippen molar-refractivity contribution >= 4 is 22.5 Å². The summed E-state index contributed by atoms with van der Waals surface area (Å²) in [4.78, 5) is 0. The normalized spacial score (nSPS) is 20.5. The summed E-state index contributed by atoms with van der Waals surface area (Å²) in [5.74, 6) is 1.26. The Labute approximate surface area is 145 Å². The molecule has 0 spiro atoms. The molecule has 1 fully saturated rings. The average Bonchev–Trinajstić information content (AvgIpc) is 3.10. The van der Waals surface area contributed by atoms with Crippen LogP contribution < -0.4 is 4.73 Å². The molecule has 2 heterocycles. The molecule has 0 aliphatic carbocycles. The lowest BCUT2D eigenvalue weighted by Crippen LogP contribution is -2.28. The van der Waals surface area contributed by atoms with E-state index in [0.717, 1.165) is 28.5 Å². The standard InChI is InChI=1S/C20H19NO2S/c22-21-10-4-3-7-20(21)24-14-19-12-18(13-23-19)17-9-8-15-5-1-2-6-16(15)11-17/h1-11,18-19H,12-14H2/t18-,19-/m0/s1. The molecule has 24 heavy (non-hydrogen) atoms. The molecule has 3 nitrogen and oxygen atoms in total. The second kappa shape index (κ2) is 6.83. The van der Waals surface area contributed by atoms with Crippen molar-refractivity contribution in [1.82, 2.24) is 0 Å². The molecule has 1 aliphatic heterocycles. The third-order valence-electron chi connectivity index (χ3n) is 4.53. The molecule has 1 aliphatic rings. The Balaban J connectivity index is 1.41. The number of hydrogen-bond donors (Lipinski definition) is 0. The monoisotopic (exact) mass is 337 g/mol. The van der Waals surface area contributed by atoms with Gasteiger partial charge in [0, 0.05) is 23.8 Å². The maximum absolute atomic E-state index is 11.7. The first-order valence-corrected chi connectivity index (χ1v) is 9.19. The Hall–Kier alpha value is -2.04. The highest BCUT2D eigenvalue weighted by Gasteiger charge is 2.27. The van der Waals surface area contributed by atoms with E-state index in [1.54, 1.807) is 17.8 Å². The van der Waals surface area contributed by atoms with E-state index in [1.165, 1.54) is 22.5 Å². The minimum atomic E-state index is 0.201. The SMILES string of the molecule is [O-][n+]1ccccc1SC[C@@H]1C[C@H](c2ccc3ccccc3c2)CO1. The minimum absolute atomic E-state index is 0.201. The largest absolute Gasteiger partial charge is 0.618 e. The van der Waals surface area contributed by atoms with E-state index >= 15 is 0 Å². The Morgan fingerprint density at radius 3 is 2.75 bits per heavy atom. The molecule has 4 heteroatoms. The molecule has 0 radical (unpaired) electrons. The van der Waals surface area contributed by atoms with Gasteiger partial charge < -0.3 is 9.94 Å². The third-order valence-corrected chi connectivity index (χ3v) is 5.68. The van der Waals surface area contributed by atoms with Crippen molar-refractivity contribution in [3.63, 3.8) is 0 Å². The fourth-order valence-corrected chi connectivity index (χ4v) is 4.17. The van der Waals surface area contributed by atoms with Crippen LogP contribution in [0, 0.1) is 5.21 Å². The van der Waals surface area contributed by atoms with Crippen LogP contribution in [-0.2, 0) is 4.74 Å². The van der Waals surface area contributed by atoms with Gasteiger partial charge in [-0.2, -0.15) is 4.73 Å². The van der Waals surface area contributed by atoms with E-state index in [0.29, 0.717) is 5.92 Å². The number of fused-ring (bicyclic) bond motifs is 1. The Morgan fingerprint density at radius 2 is 1.88 bits per heavy atom. The number of pyridine rings is 1. The Morgan fingerprint density at radius 1 is 1.04 bits per heavy atom. The molecular formula is C20H19NO2S. The molecular weight excluding hydrogens is 318 g/mol. The van der Waals surface area contributed by atoms with Crippen molar-refractivity contribution in [1.29, 1.82) is 0 Å². The van der Waals surface area contributed by atoms with Crippen LogP contribution in [0.5, 0.6) is 0 Å². The van der Waals surface area contributed by atoms with Crippen LogP contribution in [-0.4, -0.2) is 18.5 Å². The molecule has 122 valence electrons. The summed E-state index contributed by atoms with van der Waals surface area (Å²) in [5.41, 5.74) is 1.35. The summed E-state index contributed by atoms with van der Waals surface area (Å²) in [6.07, 6.45) is 2.75. The number of thioether (sulfide) groups is 1. The summed E-state index contributed by atoms with van der Waals surface area (Å²) >= 11 is 1.57. The fourth-order valence-electron chi connectivity index (χ4n) is 3.22. The summed E-state index contributed by atoms with van der Waals surface area (Å²) < 4.78 is 6.88. The van der Waals surface area contributed by atoms with Gasteiger partial charge in [-0.3, -0.25) is 0 Å². The van der Waals surface area contributed by atoms with Gasteiger partial charge in [-0.25, -0.2) is 0 Å². The second-order valence-corrected chi connectivity index (χ2v) is 7.21. The van der Waals surface area contributed by atoms with Gasteiger partial charge in [0.25, 0.3) is 5.03 Å². The van der Waals surface area contributed by atoms with Crippen LogP contribution in [0.1, 0.15) is 17.9 Å². The maximum atomic E-state index is 11.7. The summed E-state index contributed by atoms with van der Waals surface area (Å²) in [7, 11) is 0. The number of ether oxygens (including phenoxy) is 1. The number of benzene rings is 2. The number of aromatic nitrogens is 1. The molecule has 1 aromatic heterocycles. The van der Waals surface area contributed by atoms with Crippen molar-refractivity contribution in [2.24, 2.45) is 0 Å². The quantitative estimate of drug-likeness (QED) is 0.408. The molecule has 0 N–H and O–H groups in total. The van der Waals surface area contributed by atoms with Crippen LogP contribution in [0.2, 0.25) is 0 Å². The summed E-state index contributed by atoms with van der Waals surface area (Å²) in [6, 6.07) is 20.6. The van der Waals surface area contributed by atoms with Gasteiger partial charge in [0.05, 0.1) is 12.7 Å². The zero-order valence-electron chi connectivity index (χ0n) is 13.3. The maximum Gasteiger partial charge on any atom is 0.251 e. The highest BCUT2D eigenvalue weighted by Crippen LogP contribution is 2.33. The van der Waals surface area contributed by atoms with E-state index in [2.05, 4.69) is 42.5 Å². The van der Waals surface area contributed by atoms with E-state index < -0.39 is 0 Å². The Bertz CT molecular complexity index is 852. The first kappa shape index (κ1) is 15.5. The van der Waals surface area contributed by atoms with Gasteiger partial charge in [0.2, 0.25) is 0 Å². The highest BCUT2D eigenvalue weighted by molar-refractivity contribution is 7.99. The number of hydrogen-bond acceptors (Lipinski definition) is 3. The first-order valence-electron chi connectivity index (χ1n) is 8.21. The van der Waals surface area contributed by atoms with Gasteiger partial charge in [0.1, 0.15) is 0 Å². The molecule has 2 atom stereocenters. The molecule has 0 amide bonds.